The number of benzene rings is 2. The van der Waals surface area contributed by atoms with Crippen molar-refractivity contribution in [3.63, 3.8) is 0 Å². The molecule has 3 aromatic rings. The molecule has 0 radical (unpaired) electrons. The Kier molecular flexibility index (Phi) is 4.87. The van der Waals surface area contributed by atoms with Crippen LogP contribution in [-0.2, 0) is 11.3 Å². The summed E-state index contributed by atoms with van der Waals surface area (Å²) in [5.74, 6) is 1.87. The second-order valence-corrected chi connectivity index (χ2v) is 6.48. The van der Waals surface area contributed by atoms with E-state index in [1.165, 1.54) is 0 Å². The van der Waals surface area contributed by atoms with Gasteiger partial charge in [-0.3, -0.25) is 4.79 Å². The molecule has 0 N–H and O–H groups in total. The molecule has 6 heteroatoms. The zero-order valence-electron chi connectivity index (χ0n) is 15.2. The van der Waals surface area contributed by atoms with Gasteiger partial charge in [0.05, 0.1) is 6.61 Å². The Morgan fingerprint density at radius 1 is 1.19 bits per heavy atom. The van der Waals surface area contributed by atoms with E-state index in [9.17, 15) is 4.79 Å². The van der Waals surface area contributed by atoms with Crippen molar-refractivity contribution in [2.24, 2.45) is 0 Å². The number of hydrogen-bond donors (Lipinski definition) is 0. The maximum atomic E-state index is 12.4. The van der Waals surface area contributed by atoms with Gasteiger partial charge < -0.3 is 14.2 Å². The highest BCUT2D eigenvalue weighted by atomic mass is 16.5. The minimum atomic E-state index is -0.186. The monoisotopic (exact) mass is 363 g/mol. The van der Waals surface area contributed by atoms with Crippen molar-refractivity contribution in [2.75, 3.05) is 6.61 Å². The summed E-state index contributed by atoms with van der Waals surface area (Å²) in [7, 11) is 0. The molecule has 1 saturated heterocycles. The minimum absolute atomic E-state index is 0.113. The van der Waals surface area contributed by atoms with Crippen LogP contribution in [-0.4, -0.2) is 27.6 Å². The summed E-state index contributed by atoms with van der Waals surface area (Å²) in [6.45, 7) is 3.08. The van der Waals surface area contributed by atoms with E-state index in [0.717, 1.165) is 16.9 Å². The largest absolute Gasteiger partial charge is 0.494 e. The van der Waals surface area contributed by atoms with Gasteiger partial charge in [-0.2, -0.15) is 4.98 Å². The van der Waals surface area contributed by atoms with Gasteiger partial charge >= 0.3 is 0 Å². The van der Waals surface area contributed by atoms with E-state index in [4.69, 9.17) is 9.26 Å². The Morgan fingerprint density at radius 2 is 2.04 bits per heavy atom. The summed E-state index contributed by atoms with van der Waals surface area (Å²) in [6.07, 6.45) is 1.18. The van der Waals surface area contributed by atoms with Crippen LogP contribution in [0.1, 0.15) is 37.3 Å². The maximum absolute atomic E-state index is 12.4. The van der Waals surface area contributed by atoms with Crippen molar-refractivity contribution in [3.05, 3.63) is 66.1 Å². The van der Waals surface area contributed by atoms with Crippen LogP contribution >= 0.6 is 0 Å². The summed E-state index contributed by atoms with van der Waals surface area (Å²) in [5.41, 5.74) is 1.91. The third-order valence-corrected chi connectivity index (χ3v) is 4.65. The molecule has 4 rings (SSSR count). The summed E-state index contributed by atoms with van der Waals surface area (Å²) >= 11 is 0. The number of carbonyl (C=O) groups excluding carboxylic acids is 1. The number of aromatic nitrogens is 2. The quantitative estimate of drug-likeness (QED) is 0.662. The number of amides is 1. The van der Waals surface area contributed by atoms with E-state index in [1.54, 1.807) is 0 Å². The van der Waals surface area contributed by atoms with Crippen LogP contribution in [0.2, 0.25) is 0 Å². The van der Waals surface area contributed by atoms with E-state index in [2.05, 4.69) is 10.1 Å². The Labute approximate surface area is 157 Å². The topological polar surface area (TPSA) is 68.5 Å². The molecule has 0 spiro atoms. The lowest BCUT2D eigenvalue weighted by Gasteiger charge is -2.22. The molecule has 1 fully saturated rings. The molecule has 2 aromatic carbocycles. The molecule has 0 aliphatic carbocycles. The van der Waals surface area contributed by atoms with Crippen LogP contribution in [0, 0.1) is 0 Å². The van der Waals surface area contributed by atoms with E-state index in [1.807, 2.05) is 66.4 Å². The fraction of sp³-hybridized carbons (Fsp3) is 0.286. The first-order valence-corrected chi connectivity index (χ1v) is 9.15. The molecule has 138 valence electrons. The molecule has 1 aromatic heterocycles. The zero-order chi connectivity index (χ0) is 18.6. The molecule has 2 heterocycles. The average Bonchev–Trinajstić information content (AvgIpc) is 3.31. The standard InChI is InChI=1S/C21H21N3O3/c1-2-26-17-10-6-9-16(13-17)20-22-21(27-23-20)18-11-12-19(25)24(18)14-15-7-4-3-5-8-15/h3-10,13,18H,2,11-12,14H2,1H3. The first-order chi connectivity index (χ1) is 13.2. The maximum Gasteiger partial charge on any atom is 0.249 e. The Balaban J connectivity index is 1.56. The van der Waals surface area contributed by atoms with E-state index >= 15 is 0 Å². The molecule has 1 atom stereocenters. The van der Waals surface area contributed by atoms with Crippen LogP contribution in [0.4, 0.5) is 0 Å². The summed E-state index contributed by atoms with van der Waals surface area (Å²) < 4.78 is 11.1. The lowest BCUT2D eigenvalue weighted by molar-refractivity contribution is -0.129. The fourth-order valence-electron chi connectivity index (χ4n) is 3.35. The number of hydrogen-bond acceptors (Lipinski definition) is 5. The third-order valence-electron chi connectivity index (χ3n) is 4.65. The highest BCUT2D eigenvalue weighted by Gasteiger charge is 2.36. The molecule has 0 saturated carbocycles. The second kappa shape index (κ2) is 7.61. The second-order valence-electron chi connectivity index (χ2n) is 6.48. The van der Waals surface area contributed by atoms with Gasteiger partial charge in [0.1, 0.15) is 11.8 Å². The first kappa shape index (κ1) is 17.3. The smallest absolute Gasteiger partial charge is 0.249 e. The van der Waals surface area contributed by atoms with Gasteiger partial charge in [0.15, 0.2) is 0 Å². The predicted molar refractivity (Wildman–Crippen MR) is 99.9 cm³/mol. The zero-order valence-corrected chi connectivity index (χ0v) is 15.2. The van der Waals surface area contributed by atoms with Crippen molar-refractivity contribution >= 4 is 5.91 Å². The van der Waals surface area contributed by atoms with Gasteiger partial charge in [-0.25, -0.2) is 0 Å². The van der Waals surface area contributed by atoms with Crippen LogP contribution in [0.25, 0.3) is 11.4 Å². The van der Waals surface area contributed by atoms with Gasteiger partial charge in [-0.05, 0) is 31.0 Å². The number of carbonyl (C=O) groups is 1. The summed E-state index contributed by atoms with van der Waals surface area (Å²) in [5, 5.41) is 4.12. The predicted octanol–water partition coefficient (Wildman–Crippen LogP) is 4.00. The van der Waals surface area contributed by atoms with E-state index < -0.39 is 0 Å². The van der Waals surface area contributed by atoms with Crippen molar-refractivity contribution in [1.82, 2.24) is 15.0 Å². The number of likely N-dealkylation sites (tertiary alicyclic amines) is 1. The molecule has 1 unspecified atom stereocenters. The van der Waals surface area contributed by atoms with Gasteiger partial charge in [0.2, 0.25) is 17.6 Å². The first-order valence-electron chi connectivity index (χ1n) is 9.15. The molecular formula is C21H21N3O3. The summed E-state index contributed by atoms with van der Waals surface area (Å²) in [4.78, 5) is 18.8. The Morgan fingerprint density at radius 3 is 2.85 bits per heavy atom. The molecule has 6 nitrogen and oxygen atoms in total. The van der Waals surface area contributed by atoms with Gasteiger partial charge in [0.25, 0.3) is 0 Å². The van der Waals surface area contributed by atoms with Crippen LogP contribution < -0.4 is 4.74 Å². The van der Waals surface area contributed by atoms with E-state index in [0.29, 0.717) is 37.7 Å². The lowest BCUT2D eigenvalue weighted by atomic mass is 10.1. The van der Waals surface area contributed by atoms with Gasteiger partial charge in [-0.15, -0.1) is 0 Å². The molecule has 0 bridgehead atoms. The van der Waals surface area contributed by atoms with Crippen LogP contribution in [0.3, 0.4) is 0 Å². The van der Waals surface area contributed by atoms with Gasteiger partial charge in [-0.1, -0.05) is 47.6 Å². The highest BCUT2D eigenvalue weighted by molar-refractivity contribution is 5.78. The van der Waals surface area contributed by atoms with Crippen molar-refractivity contribution in [1.29, 1.82) is 0 Å². The fourth-order valence-corrected chi connectivity index (χ4v) is 3.35. The third kappa shape index (κ3) is 3.69. The highest BCUT2D eigenvalue weighted by Crippen LogP contribution is 2.34. The van der Waals surface area contributed by atoms with Crippen molar-refractivity contribution in [3.8, 4) is 17.1 Å². The van der Waals surface area contributed by atoms with Crippen LogP contribution in [0.5, 0.6) is 5.75 Å². The Bertz CT molecular complexity index is 923. The Hall–Kier alpha value is -3.15. The molecule has 27 heavy (non-hydrogen) atoms. The van der Waals surface area contributed by atoms with Gasteiger partial charge in [0, 0.05) is 18.5 Å². The van der Waals surface area contributed by atoms with E-state index in [-0.39, 0.29) is 11.9 Å². The molecule has 1 aliphatic rings. The van der Waals surface area contributed by atoms with Crippen molar-refractivity contribution < 1.29 is 14.1 Å². The minimum Gasteiger partial charge on any atom is -0.494 e. The molecular weight excluding hydrogens is 342 g/mol. The summed E-state index contributed by atoms with van der Waals surface area (Å²) in [6, 6.07) is 17.4. The normalized spacial score (nSPS) is 16.7. The molecule has 1 amide bonds. The SMILES string of the molecule is CCOc1cccc(-c2noc(C3CCC(=O)N3Cc3ccccc3)n2)c1. The van der Waals surface area contributed by atoms with Crippen LogP contribution in [0.15, 0.2) is 59.1 Å². The molecule has 1 aliphatic heterocycles. The lowest BCUT2D eigenvalue weighted by Crippen LogP contribution is -2.27. The van der Waals surface area contributed by atoms with Crippen molar-refractivity contribution in [2.45, 2.75) is 32.4 Å². The average molecular weight is 363 g/mol. The number of rotatable bonds is 6. The number of nitrogens with zero attached hydrogens (tertiary/aromatic N) is 3. The number of ether oxygens (including phenoxy) is 1.